The van der Waals surface area contributed by atoms with Crippen molar-refractivity contribution >= 4 is 28.7 Å². The topological polar surface area (TPSA) is 102 Å². The van der Waals surface area contributed by atoms with Crippen LogP contribution < -0.4 is 15.9 Å². The second-order valence-corrected chi connectivity index (χ2v) is 7.93. The van der Waals surface area contributed by atoms with Gasteiger partial charge in [-0.1, -0.05) is 17.7 Å². The highest BCUT2D eigenvalue weighted by Crippen LogP contribution is 2.27. The number of nitrogens with two attached hydrogens (primary N) is 1. The number of rotatable bonds is 6. The molecule has 162 valence electrons. The summed E-state index contributed by atoms with van der Waals surface area (Å²) in [5.41, 5.74) is 3.63. The van der Waals surface area contributed by atoms with E-state index in [-0.39, 0.29) is 12.1 Å². The largest absolute Gasteiger partial charge is 0.469 e. The molecular weight excluding hydrogens is 414 g/mol. The van der Waals surface area contributed by atoms with E-state index in [0.29, 0.717) is 22.4 Å². The minimum atomic E-state index is -0.291. The molecule has 0 saturated carbocycles. The van der Waals surface area contributed by atoms with Gasteiger partial charge in [0, 0.05) is 17.8 Å². The molecular formula is C22H26ClN7O. The Balaban J connectivity index is 1.70. The predicted octanol–water partition coefficient (Wildman–Crippen LogP) is 3.40. The lowest BCUT2D eigenvalue weighted by Gasteiger charge is -2.20. The number of piperidine rings is 1. The van der Waals surface area contributed by atoms with Crippen LogP contribution in [-0.4, -0.2) is 44.9 Å². The van der Waals surface area contributed by atoms with Crippen LogP contribution in [0.1, 0.15) is 44.1 Å². The van der Waals surface area contributed by atoms with Gasteiger partial charge in [-0.05, 0) is 58.0 Å². The monoisotopic (exact) mass is 439 g/mol. The number of imidazole rings is 1. The van der Waals surface area contributed by atoms with Gasteiger partial charge in [0.05, 0.1) is 23.6 Å². The smallest absolute Gasteiger partial charge is 0.201 e. The van der Waals surface area contributed by atoms with E-state index in [1.807, 2.05) is 44.2 Å². The van der Waals surface area contributed by atoms with Crippen molar-refractivity contribution in [1.82, 2.24) is 19.7 Å². The van der Waals surface area contributed by atoms with Crippen LogP contribution in [0.2, 0.25) is 5.15 Å². The van der Waals surface area contributed by atoms with Gasteiger partial charge in [-0.2, -0.15) is 5.10 Å². The summed E-state index contributed by atoms with van der Waals surface area (Å²) in [6.07, 6.45) is 5.04. The molecule has 1 saturated heterocycles. The Morgan fingerprint density at radius 3 is 2.81 bits per heavy atom. The molecule has 4 rings (SSSR count). The van der Waals surface area contributed by atoms with Crippen molar-refractivity contribution in [2.24, 2.45) is 15.9 Å². The van der Waals surface area contributed by atoms with Crippen molar-refractivity contribution in [1.29, 1.82) is 0 Å². The first-order valence-corrected chi connectivity index (χ1v) is 10.7. The summed E-state index contributed by atoms with van der Waals surface area (Å²) in [6, 6.07) is 9.74. The SMILES string of the molecule is CC(=NC1CCNCC1)/C(=N\N)c1cc(OC(C)c2ccccn2)n2c(Cl)cnc2c1. The normalized spacial score (nSPS) is 17.1. The molecule has 0 spiro atoms. The first-order chi connectivity index (χ1) is 15.1. The summed E-state index contributed by atoms with van der Waals surface area (Å²) in [5, 5.41) is 7.86. The third-order valence-electron chi connectivity index (χ3n) is 5.36. The molecule has 0 aliphatic carbocycles. The molecule has 1 aliphatic rings. The first-order valence-electron chi connectivity index (χ1n) is 10.3. The number of aromatic nitrogens is 3. The number of aliphatic imine (C=N–C) groups is 1. The second-order valence-electron chi connectivity index (χ2n) is 7.54. The molecule has 0 aromatic carbocycles. The lowest BCUT2D eigenvalue weighted by atomic mass is 10.0. The van der Waals surface area contributed by atoms with Crippen molar-refractivity contribution in [3.05, 3.63) is 59.1 Å². The average molecular weight is 440 g/mol. The molecule has 4 heterocycles. The molecule has 3 N–H and O–H groups in total. The lowest BCUT2D eigenvalue weighted by molar-refractivity contribution is 0.210. The highest BCUT2D eigenvalue weighted by atomic mass is 35.5. The van der Waals surface area contributed by atoms with Crippen molar-refractivity contribution in [2.75, 3.05) is 13.1 Å². The van der Waals surface area contributed by atoms with Crippen LogP contribution in [0.5, 0.6) is 5.88 Å². The van der Waals surface area contributed by atoms with Crippen molar-refractivity contribution in [3.8, 4) is 5.88 Å². The molecule has 0 radical (unpaired) electrons. The van der Waals surface area contributed by atoms with Gasteiger partial charge in [0.1, 0.15) is 22.6 Å². The Morgan fingerprint density at radius 2 is 2.10 bits per heavy atom. The Morgan fingerprint density at radius 1 is 1.29 bits per heavy atom. The Labute approximate surface area is 186 Å². The first kappa shape index (κ1) is 21.3. The van der Waals surface area contributed by atoms with E-state index in [1.54, 1.807) is 16.8 Å². The van der Waals surface area contributed by atoms with Crippen molar-refractivity contribution < 1.29 is 4.74 Å². The van der Waals surface area contributed by atoms with Gasteiger partial charge >= 0.3 is 0 Å². The number of nitrogens with zero attached hydrogens (tertiary/aromatic N) is 5. The highest BCUT2D eigenvalue weighted by Gasteiger charge is 2.19. The van der Waals surface area contributed by atoms with Crippen LogP contribution >= 0.6 is 11.6 Å². The summed E-state index contributed by atoms with van der Waals surface area (Å²) in [7, 11) is 0. The maximum Gasteiger partial charge on any atom is 0.201 e. The predicted molar refractivity (Wildman–Crippen MR) is 123 cm³/mol. The highest BCUT2D eigenvalue weighted by molar-refractivity contribution is 6.47. The molecule has 1 aliphatic heterocycles. The minimum absolute atomic E-state index is 0.266. The zero-order valence-electron chi connectivity index (χ0n) is 17.6. The lowest BCUT2D eigenvalue weighted by Crippen LogP contribution is -2.31. The Bertz CT molecular complexity index is 1100. The summed E-state index contributed by atoms with van der Waals surface area (Å²) in [5.74, 6) is 6.32. The molecule has 3 aromatic rings. The van der Waals surface area contributed by atoms with E-state index in [2.05, 4.69) is 20.4 Å². The average Bonchev–Trinajstić information content (AvgIpc) is 3.16. The molecule has 9 heteroatoms. The molecule has 31 heavy (non-hydrogen) atoms. The van der Waals surface area contributed by atoms with Crippen LogP contribution in [0.25, 0.3) is 5.65 Å². The molecule has 1 unspecified atom stereocenters. The number of fused-ring (bicyclic) bond motifs is 1. The van der Waals surface area contributed by atoms with Crippen molar-refractivity contribution in [2.45, 2.75) is 38.8 Å². The van der Waals surface area contributed by atoms with Gasteiger partial charge in [-0.3, -0.25) is 14.4 Å². The van der Waals surface area contributed by atoms with Gasteiger partial charge in [0.25, 0.3) is 0 Å². The van der Waals surface area contributed by atoms with Gasteiger partial charge in [-0.25, -0.2) is 4.98 Å². The summed E-state index contributed by atoms with van der Waals surface area (Å²) < 4.78 is 8.00. The van der Waals surface area contributed by atoms with Crippen LogP contribution in [0, 0.1) is 0 Å². The van der Waals surface area contributed by atoms with Crippen molar-refractivity contribution in [3.63, 3.8) is 0 Å². The number of hydrogen-bond donors (Lipinski definition) is 2. The quantitative estimate of drug-likeness (QED) is 0.348. The fraction of sp³-hybridized carbons (Fsp3) is 0.364. The standard InChI is InChI=1S/C22H26ClN7O/c1-14(28-17-6-9-25-10-7-17)22(29-24)16-11-20-27-13-19(23)30(20)21(12-16)31-15(2)18-5-3-4-8-26-18/h3-5,8,11-13,15,17,25H,6-7,9-10,24H2,1-2H3/b28-14?,29-22+. The van der Waals surface area contributed by atoms with E-state index in [4.69, 9.17) is 27.2 Å². The Kier molecular flexibility index (Phi) is 6.48. The van der Waals surface area contributed by atoms with E-state index >= 15 is 0 Å². The number of halogens is 1. The summed E-state index contributed by atoms with van der Waals surface area (Å²) >= 11 is 6.38. The fourth-order valence-electron chi connectivity index (χ4n) is 3.77. The van der Waals surface area contributed by atoms with E-state index in [9.17, 15) is 0 Å². The molecule has 1 atom stereocenters. The third-order valence-corrected chi connectivity index (χ3v) is 5.63. The summed E-state index contributed by atoms with van der Waals surface area (Å²) in [6.45, 7) is 5.82. The van der Waals surface area contributed by atoms with E-state index < -0.39 is 0 Å². The molecule has 0 amide bonds. The third kappa shape index (κ3) is 4.70. The van der Waals surface area contributed by atoms with E-state index in [1.165, 1.54) is 0 Å². The molecule has 1 fully saturated rings. The Hall–Kier alpha value is -2.97. The number of hydrazone groups is 1. The zero-order valence-corrected chi connectivity index (χ0v) is 18.4. The summed E-state index contributed by atoms with van der Waals surface area (Å²) in [4.78, 5) is 13.7. The van der Waals surface area contributed by atoms with Gasteiger partial charge in [0.2, 0.25) is 5.88 Å². The number of hydrogen-bond acceptors (Lipinski definition) is 7. The van der Waals surface area contributed by atoms with Crippen LogP contribution in [-0.2, 0) is 0 Å². The second kappa shape index (κ2) is 9.45. The molecule has 8 nitrogen and oxygen atoms in total. The van der Waals surface area contributed by atoms with Crippen LogP contribution in [0.4, 0.5) is 0 Å². The van der Waals surface area contributed by atoms with Gasteiger partial charge < -0.3 is 15.9 Å². The van der Waals surface area contributed by atoms with Crippen LogP contribution in [0.3, 0.4) is 0 Å². The number of ether oxygens (including phenoxy) is 1. The zero-order chi connectivity index (χ0) is 21.8. The maximum atomic E-state index is 6.38. The van der Waals surface area contributed by atoms with Gasteiger partial charge in [0.15, 0.2) is 0 Å². The fourth-order valence-corrected chi connectivity index (χ4v) is 3.99. The molecule has 3 aromatic heterocycles. The van der Waals surface area contributed by atoms with Crippen LogP contribution in [0.15, 0.2) is 52.8 Å². The maximum absolute atomic E-state index is 6.38. The number of pyridine rings is 2. The van der Waals surface area contributed by atoms with Gasteiger partial charge in [-0.15, -0.1) is 0 Å². The number of nitrogens with one attached hydrogen (secondary N) is 1. The molecule has 0 bridgehead atoms. The van der Waals surface area contributed by atoms with E-state index in [0.717, 1.165) is 42.9 Å². The minimum Gasteiger partial charge on any atom is -0.469 e.